The Kier molecular flexibility index (Phi) is 19.3. The van der Waals surface area contributed by atoms with Crippen molar-refractivity contribution in [2.24, 2.45) is 22.7 Å². The summed E-state index contributed by atoms with van der Waals surface area (Å²) < 4.78 is 0. The van der Waals surface area contributed by atoms with E-state index in [-0.39, 0.29) is 79.3 Å². The number of nitrogens with one attached hydrogen (secondary N) is 6. The molecule has 75 heavy (non-hydrogen) atoms. The summed E-state index contributed by atoms with van der Waals surface area (Å²) in [4.78, 5) is 116. The highest BCUT2D eigenvalue weighted by Crippen LogP contribution is 2.35. The molecule has 6 rings (SSSR count). The molecular formula is C58H80N8O9. The van der Waals surface area contributed by atoms with Gasteiger partial charge in [-0.3, -0.25) is 38.4 Å². The molecular weight excluding hydrogens is 953 g/mol. The molecule has 2 heterocycles. The number of rotatable bonds is 20. The SMILES string of the molecule is CN[C@@H](C)C(=O)N[C@H](C(=O)N1C[C@@H](CC(=O)c2cccc(C(=O)C[C@H]3C[C@@H](C(=O)N[C@H](C)c4ccccc4)N(C(=O)[C@@H](NC(=O)[C@H](CO)NC)C(C)(C)C)C3)c2)C[C@H]1C(=O)N[C@@H]1CCCc2ccccc21)C(C)(C)C. The Hall–Kier alpha value is -6.30. The van der Waals surface area contributed by atoms with Crippen LogP contribution in [-0.2, 0) is 35.2 Å². The molecule has 17 nitrogen and oxygen atoms in total. The lowest BCUT2D eigenvalue weighted by Crippen LogP contribution is -2.60. The molecule has 2 fully saturated rings. The van der Waals surface area contributed by atoms with Gasteiger partial charge in [-0.1, -0.05) is 114 Å². The molecule has 406 valence electrons. The van der Waals surface area contributed by atoms with Crippen LogP contribution in [0.2, 0.25) is 0 Å². The molecule has 3 aromatic rings. The number of ketones is 2. The van der Waals surface area contributed by atoms with Gasteiger partial charge in [-0.2, -0.15) is 0 Å². The van der Waals surface area contributed by atoms with Crippen LogP contribution in [0.25, 0.3) is 0 Å². The number of aliphatic hydroxyl groups is 1. The largest absolute Gasteiger partial charge is 0.394 e. The van der Waals surface area contributed by atoms with Gasteiger partial charge in [0.05, 0.1) is 24.7 Å². The summed E-state index contributed by atoms with van der Waals surface area (Å²) in [6.45, 7) is 14.2. The van der Waals surface area contributed by atoms with E-state index in [2.05, 4.69) is 38.0 Å². The van der Waals surface area contributed by atoms with Crippen molar-refractivity contribution >= 4 is 47.0 Å². The van der Waals surface area contributed by atoms with Crippen molar-refractivity contribution in [1.29, 1.82) is 0 Å². The summed E-state index contributed by atoms with van der Waals surface area (Å²) in [5, 5.41) is 27.5. The molecule has 2 aliphatic heterocycles. The summed E-state index contributed by atoms with van der Waals surface area (Å²) in [7, 11) is 3.18. The molecule has 2 saturated heterocycles. The molecule has 0 aromatic heterocycles. The third-order valence-electron chi connectivity index (χ3n) is 15.2. The number of hydrogen-bond donors (Lipinski definition) is 7. The lowest BCUT2D eigenvalue weighted by Gasteiger charge is -2.36. The maximum Gasteiger partial charge on any atom is 0.246 e. The number of carbonyl (C=O) groups is 8. The normalized spacial score (nSPS) is 21.7. The van der Waals surface area contributed by atoms with Gasteiger partial charge in [-0.25, -0.2) is 0 Å². The van der Waals surface area contributed by atoms with E-state index in [1.165, 1.54) is 22.4 Å². The second kappa shape index (κ2) is 25.0. The first kappa shape index (κ1) is 58.0. The number of aliphatic hydroxyl groups excluding tert-OH is 1. The zero-order chi connectivity index (χ0) is 54.9. The van der Waals surface area contributed by atoms with E-state index in [1.54, 1.807) is 59.0 Å². The van der Waals surface area contributed by atoms with Gasteiger partial charge >= 0.3 is 0 Å². The van der Waals surface area contributed by atoms with Crippen molar-refractivity contribution in [3.63, 3.8) is 0 Å². The van der Waals surface area contributed by atoms with Crippen LogP contribution in [0, 0.1) is 22.7 Å². The summed E-state index contributed by atoms with van der Waals surface area (Å²) >= 11 is 0. The van der Waals surface area contributed by atoms with Gasteiger partial charge in [-0.05, 0) is 105 Å². The molecule has 0 unspecified atom stereocenters. The van der Waals surface area contributed by atoms with Crippen LogP contribution in [0.4, 0.5) is 0 Å². The maximum absolute atomic E-state index is 14.7. The molecule has 0 radical (unpaired) electrons. The Morgan fingerprint density at radius 2 is 1.16 bits per heavy atom. The number of nitrogens with zero attached hydrogens (tertiary/aromatic N) is 2. The topological polar surface area (TPSA) is 235 Å². The van der Waals surface area contributed by atoms with Gasteiger partial charge in [0, 0.05) is 37.1 Å². The van der Waals surface area contributed by atoms with Gasteiger partial charge < -0.3 is 46.8 Å². The minimum absolute atomic E-state index is 0.0163. The molecule has 0 bridgehead atoms. The minimum Gasteiger partial charge on any atom is -0.394 e. The third kappa shape index (κ3) is 14.4. The number of Topliss-reactive ketones (excluding diaryl/α,β-unsaturated/α-hetero) is 2. The Balaban J connectivity index is 1.20. The number of aryl methyl sites for hydroxylation is 1. The minimum atomic E-state index is -1.08. The quantitative estimate of drug-likeness (QED) is 0.0774. The summed E-state index contributed by atoms with van der Waals surface area (Å²) in [5.74, 6) is -4.01. The second-order valence-corrected chi connectivity index (χ2v) is 23.0. The van der Waals surface area contributed by atoms with Gasteiger partial charge in [0.15, 0.2) is 11.6 Å². The Labute approximate surface area is 442 Å². The number of hydrogen-bond acceptors (Lipinski definition) is 11. The van der Waals surface area contributed by atoms with E-state index in [0.717, 1.165) is 30.4 Å². The van der Waals surface area contributed by atoms with Crippen molar-refractivity contribution < 1.29 is 43.5 Å². The lowest BCUT2D eigenvalue weighted by molar-refractivity contribution is -0.144. The fraction of sp³-hybridized carbons (Fsp3) is 0.552. The molecule has 3 aliphatic rings. The number of carbonyl (C=O) groups excluding carboxylic acids is 8. The zero-order valence-corrected chi connectivity index (χ0v) is 45.5. The first-order valence-corrected chi connectivity index (χ1v) is 26.5. The maximum atomic E-state index is 14.7. The third-order valence-corrected chi connectivity index (χ3v) is 15.2. The van der Waals surface area contributed by atoms with Crippen molar-refractivity contribution in [3.8, 4) is 0 Å². The van der Waals surface area contributed by atoms with Crippen LogP contribution < -0.4 is 31.9 Å². The van der Waals surface area contributed by atoms with E-state index < -0.39 is 95.2 Å². The van der Waals surface area contributed by atoms with Crippen LogP contribution in [0.5, 0.6) is 0 Å². The highest BCUT2D eigenvalue weighted by atomic mass is 16.3. The number of likely N-dealkylation sites (tertiary alicyclic amines) is 2. The lowest BCUT2D eigenvalue weighted by atomic mass is 9.85. The smallest absolute Gasteiger partial charge is 0.246 e. The van der Waals surface area contributed by atoms with E-state index in [4.69, 9.17) is 0 Å². The van der Waals surface area contributed by atoms with Crippen LogP contribution in [-0.4, -0.2) is 132 Å². The predicted molar refractivity (Wildman–Crippen MR) is 286 cm³/mol. The van der Waals surface area contributed by atoms with E-state index in [0.29, 0.717) is 0 Å². The van der Waals surface area contributed by atoms with Crippen molar-refractivity contribution in [1.82, 2.24) is 41.7 Å². The Morgan fingerprint density at radius 3 is 1.68 bits per heavy atom. The fourth-order valence-electron chi connectivity index (χ4n) is 10.6. The summed E-state index contributed by atoms with van der Waals surface area (Å²) in [6, 6.07) is 17.8. The number of benzene rings is 3. The van der Waals surface area contributed by atoms with Gasteiger partial charge in [0.2, 0.25) is 35.4 Å². The summed E-state index contributed by atoms with van der Waals surface area (Å²) in [6.07, 6.45) is 2.86. The van der Waals surface area contributed by atoms with Crippen molar-refractivity contribution in [2.75, 3.05) is 33.8 Å². The monoisotopic (exact) mass is 1030 g/mol. The predicted octanol–water partition coefficient (Wildman–Crippen LogP) is 4.59. The second-order valence-electron chi connectivity index (χ2n) is 23.0. The van der Waals surface area contributed by atoms with Crippen molar-refractivity contribution in [3.05, 3.63) is 107 Å². The average molecular weight is 1030 g/mol. The molecule has 3 aromatic carbocycles. The highest BCUT2D eigenvalue weighted by molar-refractivity contribution is 6.02. The van der Waals surface area contributed by atoms with Crippen LogP contribution in [0.15, 0.2) is 78.9 Å². The molecule has 7 N–H and O–H groups in total. The fourth-order valence-corrected chi connectivity index (χ4v) is 10.6. The van der Waals surface area contributed by atoms with Gasteiger partial charge in [0.1, 0.15) is 30.2 Å². The van der Waals surface area contributed by atoms with Gasteiger partial charge in [-0.15, -0.1) is 0 Å². The number of amides is 6. The summed E-state index contributed by atoms with van der Waals surface area (Å²) in [5.41, 5.74) is 2.11. The molecule has 1 aliphatic carbocycles. The zero-order valence-electron chi connectivity index (χ0n) is 45.5. The molecule has 17 heteroatoms. The first-order chi connectivity index (χ1) is 35.4. The van der Waals surface area contributed by atoms with Gasteiger partial charge in [0.25, 0.3) is 0 Å². The number of fused-ring (bicyclic) bond motifs is 1. The van der Waals surface area contributed by atoms with Crippen LogP contribution in [0.1, 0.15) is 143 Å². The van der Waals surface area contributed by atoms with Crippen LogP contribution in [0.3, 0.4) is 0 Å². The molecule has 0 spiro atoms. The molecule has 0 saturated carbocycles. The Bertz CT molecular complexity index is 2550. The van der Waals surface area contributed by atoms with Crippen LogP contribution >= 0.6 is 0 Å². The molecule has 10 atom stereocenters. The van der Waals surface area contributed by atoms with Crippen molar-refractivity contribution in [2.45, 2.75) is 149 Å². The Morgan fingerprint density at radius 1 is 0.640 bits per heavy atom. The van der Waals surface area contributed by atoms with E-state index >= 15 is 0 Å². The molecule has 6 amide bonds. The average Bonchev–Trinajstić information content (AvgIpc) is 4.01. The van der Waals surface area contributed by atoms with E-state index in [1.807, 2.05) is 76.2 Å². The van der Waals surface area contributed by atoms with E-state index in [9.17, 15) is 43.5 Å². The first-order valence-electron chi connectivity index (χ1n) is 26.5. The standard InChI is InChI=1S/C58H80N8O9/c1-34(38-18-12-11-13-19-38)61-53(72)45-26-36(31-65(45)56(75)50(58(6,7)8)64-52(71)44(33-67)60-10)28-47(68)40-22-16-23-41(30-40)48(69)29-37-27-46(54(73)62-43-25-17-21-39-20-14-15-24-42(39)43)66(32-37)55(74)49(57(3,4)5)63-51(70)35(2)59-9/h11-16,18-20,22-24,30,34-37,43-46,49-50,59-60,67H,17,21,25-29,31-33H2,1-10H3,(H,61,72)(H,62,73)(H,63,70)(H,64,71)/t34-,35+,36-,37-,43-,44+,45+,46+,49-,50-/m1/s1. The highest BCUT2D eigenvalue weighted by Gasteiger charge is 2.48. The number of likely N-dealkylation sites (N-methyl/N-ethyl adjacent to an activating group) is 2.